The number of benzene rings is 2. The lowest BCUT2D eigenvalue weighted by Gasteiger charge is -2.33. The average Bonchev–Trinajstić information content (AvgIpc) is 3.39. The maximum absolute atomic E-state index is 14.3. The van der Waals surface area contributed by atoms with Crippen LogP contribution in [-0.2, 0) is 10.0 Å². The molecule has 1 aliphatic carbocycles. The molecule has 2 aromatic carbocycles. The minimum atomic E-state index is -4.53. The Bertz CT molecular complexity index is 1640. The van der Waals surface area contributed by atoms with E-state index in [0.717, 1.165) is 0 Å². The molecule has 1 saturated carbocycles. The molecule has 4 aromatic rings. The zero-order valence-electron chi connectivity index (χ0n) is 21.3. The van der Waals surface area contributed by atoms with Gasteiger partial charge in [-0.05, 0) is 73.9 Å². The third-order valence-electron chi connectivity index (χ3n) is 7.09. The Balaban J connectivity index is 1.56. The second-order valence-corrected chi connectivity index (χ2v) is 11.4. The zero-order valence-corrected chi connectivity index (χ0v) is 22.2. The van der Waals surface area contributed by atoms with Gasteiger partial charge in [0.1, 0.15) is 16.9 Å². The lowest BCUT2D eigenvalue weighted by atomic mass is 9.96. The number of sulfonamides is 1. The summed E-state index contributed by atoms with van der Waals surface area (Å²) in [6.07, 6.45) is -3.90. The molecule has 13 heteroatoms. The molecule has 2 heterocycles. The molecule has 5 rings (SSSR count). The number of fused-ring (bicyclic) bond motifs is 1. The van der Waals surface area contributed by atoms with Crippen molar-refractivity contribution in [1.29, 1.82) is 0 Å². The van der Waals surface area contributed by atoms with Crippen molar-refractivity contribution in [1.82, 2.24) is 15.0 Å². The minimum absolute atomic E-state index is 0.0473. The van der Waals surface area contributed by atoms with Crippen LogP contribution in [0.5, 0.6) is 0 Å². The third-order valence-corrected chi connectivity index (χ3v) is 8.02. The van der Waals surface area contributed by atoms with Gasteiger partial charge < -0.3 is 10.6 Å². The lowest BCUT2D eigenvalue weighted by molar-refractivity contribution is -0.176. The molecule has 0 radical (unpaired) electrons. The molecule has 0 bridgehead atoms. The van der Waals surface area contributed by atoms with Crippen LogP contribution < -0.4 is 15.8 Å². The summed E-state index contributed by atoms with van der Waals surface area (Å²) >= 11 is 0. The molecule has 8 nitrogen and oxygen atoms in total. The van der Waals surface area contributed by atoms with Gasteiger partial charge in [-0.15, -0.1) is 0 Å². The SMILES string of the molecule is C[C@@H](Nc1nc(NC2(C(F)(F)F)CCCC2)c2nc(-c3ccc(F)cc3)ccc2n1)c1ccc(S(N)(=O)=O)cc1. The highest BCUT2D eigenvalue weighted by Gasteiger charge is 2.56. The molecule has 0 spiro atoms. The minimum Gasteiger partial charge on any atom is -0.354 e. The normalized spacial score (nSPS) is 16.1. The molecule has 0 saturated heterocycles. The molecule has 1 atom stereocenters. The summed E-state index contributed by atoms with van der Waals surface area (Å²) in [5.74, 6) is -0.440. The van der Waals surface area contributed by atoms with Gasteiger partial charge >= 0.3 is 6.18 Å². The third kappa shape index (κ3) is 5.56. The number of rotatable bonds is 7. The maximum atomic E-state index is 14.3. The summed E-state index contributed by atoms with van der Waals surface area (Å²) in [5, 5.41) is 10.9. The van der Waals surface area contributed by atoms with Gasteiger partial charge in [0, 0.05) is 5.56 Å². The number of aromatic nitrogens is 3. The van der Waals surface area contributed by atoms with E-state index in [-0.39, 0.29) is 35.0 Å². The first kappa shape index (κ1) is 27.7. The van der Waals surface area contributed by atoms with Crippen LogP contribution in [0, 0.1) is 5.82 Å². The fourth-order valence-corrected chi connectivity index (χ4v) is 5.37. The van der Waals surface area contributed by atoms with Crippen LogP contribution in [0.4, 0.5) is 29.3 Å². The van der Waals surface area contributed by atoms with Crippen LogP contribution in [0.15, 0.2) is 65.6 Å². The Hall–Kier alpha value is -3.84. The van der Waals surface area contributed by atoms with Crippen molar-refractivity contribution >= 4 is 32.8 Å². The Morgan fingerprint density at radius 3 is 2.17 bits per heavy atom. The van der Waals surface area contributed by atoms with Crippen LogP contribution in [0.1, 0.15) is 44.2 Å². The van der Waals surface area contributed by atoms with Crippen molar-refractivity contribution in [3.05, 3.63) is 72.0 Å². The van der Waals surface area contributed by atoms with Crippen molar-refractivity contribution in [3.63, 3.8) is 0 Å². The van der Waals surface area contributed by atoms with E-state index < -0.39 is 33.6 Å². The molecular formula is C27H26F4N6O2S. The van der Waals surface area contributed by atoms with Crippen LogP contribution >= 0.6 is 0 Å². The molecular weight excluding hydrogens is 548 g/mol. The van der Waals surface area contributed by atoms with Gasteiger partial charge in [0.2, 0.25) is 16.0 Å². The second-order valence-electron chi connectivity index (χ2n) is 9.86. The van der Waals surface area contributed by atoms with Crippen molar-refractivity contribution in [2.24, 2.45) is 5.14 Å². The Morgan fingerprint density at radius 2 is 1.57 bits per heavy atom. The summed E-state index contributed by atoms with van der Waals surface area (Å²) in [7, 11) is -3.86. The number of hydrogen-bond acceptors (Lipinski definition) is 7. The number of nitrogens with one attached hydrogen (secondary N) is 2. The van der Waals surface area contributed by atoms with Gasteiger partial charge in [-0.25, -0.2) is 27.9 Å². The number of nitrogens with zero attached hydrogens (tertiary/aromatic N) is 3. The highest BCUT2D eigenvalue weighted by atomic mass is 32.2. The first-order chi connectivity index (χ1) is 18.8. The average molecular weight is 575 g/mol. The molecule has 4 N–H and O–H groups in total. The van der Waals surface area contributed by atoms with E-state index in [0.29, 0.717) is 35.2 Å². The first-order valence-corrected chi connectivity index (χ1v) is 14.1. The molecule has 0 unspecified atom stereocenters. The summed E-state index contributed by atoms with van der Waals surface area (Å²) < 4.78 is 79.5. The maximum Gasteiger partial charge on any atom is 0.411 e. The quantitative estimate of drug-likeness (QED) is 0.234. The number of pyridine rings is 1. The van der Waals surface area contributed by atoms with Crippen molar-refractivity contribution in [2.45, 2.75) is 55.3 Å². The summed E-state index contributed by atoms with van der Waals surface area (Å²) in [4.78, 5) is 13.4. The smallest absolute Gasteiger partial charge is 0.354 e. The Kier molecular flexibility index (Phi) is 7.13. The van der Waals surface area contributed by atoms with E-state index in [4.69, 9.17) is 5.14 Å². The largest absolute Gasteiger partial charge is 0.411 e. The second kappa shape index (κ2) is 10.3. The molecule has 0 amide bonds. The molecule has 0 aliphatic heterocycles. The van der Waals surface area contributed by atoms with Gasteiger partial charge in [0.05, 0.1) is 22.1 Å². The summed E-state index contributed by atoms with van der Waals surface area (Å²) in [6.45, 7) is 1.77. The van der Waals surface area contributed by atoms with E-state index in [1.54, 1.807) is 31.2 Å². The summed E-state index contributed by atoms with van der Waals surface area (Å²) in [6, 6.07) is 14.3. The predicted molar refractivity (Wildman–Crippen MR) is 143 cm³/mol. The molecule has 40 heavy (non-hydrogen) atoms. The highest BCUT2D eigenvalue weighted by molar-refractivity contribution is 7.89. The van der Waals surface area contributed by atoms with E-state index in [1.807, 2.05) is 0 Å². The number of alkyl halides is 3. The van der Waals surface area contributed by atoms with Crippen molar-refractivity contribution < 1.29 is 26.0 Å². The molecule has 1 aliphatic rings. The van der Waals surface area contributed by atoms with Crippen LogP contribution in [0.25, 0.3) is 22.3 Å². The molecule has 210 valence electrons. The van der Waals surface area contributed by atoms with Crippen molar-refractivity contribution in [3.8, 4) is 11.3 Å². The van der Waals surface area contributed by atoms with Gasteiger partial charge in [0.25, 0.3) is 0 Å². The Labute approximate surface area is 228 Å². The van der Waals surface area contributed by atoms with Crippen LogP contribution in [0.3, 0.4) is 0 Å². The van der Waals surface area contributed by atoms with Gasteiger partial charge in [-0.2, -0.15) is 18.2 Å². The standard InChI is InChI=1S/C27H26F4N6O2S/c1-16(17-6-10-20(11-7-17)40(32,38)39)33-25-35-22-13-12-21(18-4-8-19(28)9-5-18)34-23(22)24(36-25)37-26(27(29,30)31)14-2-3-15-26/h4-13,16H,2-3,14-15H2,1H3,(H2,32,38,39)(H2,33,35,36,37)/t16-/m1/s1. The molecule has 1 fully saturated rings. The predicted octanol–water partition coefficient (Wildman–Crippen LogP) is 5.94. The molecule has 2 aromatic heterocycles. The zero-order chi connectivity index (χ0) is 28.7. The van der Waals surface area contributed by atoms with E-state index in [9.17, 15) is 26.0 Å². The summed E-state index contributed by atoms with van der Waals surface area (Å²) in [5.41, 5.74) is -0.0205. The van der Waals surface area contributed by atoms with Gasteiger partial charge in [-0.3, -0.25) is 0 Å². The van der Waals surface area contributed by atoms with Crippen LogP contribution in [-0.4, -0.2) is 35.1 Å². The monoisotopic (exact) mass is 574 g/mol. The first-order valence-electron chi connectivity index (χ1n) is 12.5. The fraction of sp³-hybridized carbons (Fsp3) is 0.296. The van der Waals surface area contributed by atoms with E-state index >= 15 is 0 Å². The fourth-order valence-electron chi connectivity index (χ4n) is 4.86. The van der Waals surface area contributed by atoms with Gasteiger partial charge in [0.15, 0.2) is 5.82 Å². The van der Waals surface area contributed by atoms with Crippen LogP contribution in [0.2, 0.25) is 0 Å². The number of halogens is 4. The van der Waals surface area contributed by atoms with Gasteiger partial charge in [-0.1, -0.05) is 25.0 Å². The number of hydrogen-bond donors (Lipinski definition) is 3. The number of primary sulfonamides is 1. The lowest BCUT2D eigenvalue weighted by Crippen LogP contribution is -2.49. The highest BCUT2D eigenvalue weighted by Crippen LogP contribution is 2.45. The topological polar surface area (TPSA) is 123 Å². The van der Waals surface area contributed by atoms with E-state index in [2.05, 4.69) is 25.6 Å². The number of anilines is 2. The number of nitrogens with two attached hydrogens (primary N) is 1. The van der Waals surface area contributed by atoms with E-state index in [1.165, 1.54) is 36.4 Å². The Morgan fingerprint density at radius 1 is 0.925 bits per heavy atom. The van der Waals surface area contributed by atoms with Crippen molar-refractivity contribution in [2.75, 3.05) is 10.6 Å².